The van der Waals surface area contributed by atoms with Gasteiger partial charge in [-0.3, -0.25) is 4.79 Å². The molecule has 1 atom stereocenters. The summed E-state index contributed by atoms with van der Waals surface area (Å²) in [6, 6.07) is -0.137. The smallest absolute Gasteiger partial charge is 0.379 e. The fourth-order valence-electron chi connectivity index (χ4n) is 1.44. The van der Waals surface area contributed by atoms with Gasteiger partial charge in [-0.2, -0.15) is 13.2 Å². The van der Waals surface area contributed by atoms with E-state index >= 15 is 0 Å². The molecule has 1 unspecified atom stereocenters. The van der Waals surface area contributed by atoms with Gasteiger partial charge in [-0.25, -0.2) is 4.68 Å². The molecule has 1 fully saturated rings. The van der Waals surface area contributed by atoms with Gasteiger partial charge in [0.15, 0.2) is 5.69 Å². The zero-order valence-electron chi connectivity index (χ0n) is 8.07. The fourth-order valence-corrected chi connectivity index (χ4v) is 1.44. The van der Waals surface area contributed by atoms with E-state index in [0.29, 0.717) is 19.6 Å². The number of Topliss-reactive ketones (excluding diaryl/α,β-unsaturated/α-hetero) is 1. The van der Waals surface area contributed by atoms with Gasteiger partial charge in [-0.05, 0) is 6.42 Å². The lowest BCUT2D eigenvalue weighted by atomic mass is 10.2. The fraction of sp³-hybridized carbons (Fsp3) is 0.625. The van der Waals surface area contributed by atoms with Crippen molar-refractivity contribution >= 4 is 5.78 Å². The molecule has 0 spiro atoms. The molecule has 2 rings (SSSR count). The Morgan fingerprint density at radius 1 is 1.56 bits per heavy atom. The highest BCUT2D eigenvalue weighted by Crippen LogP contribution is 2.22. The summed E-state index contributed by atoms with van der Waals surface area (Å²) < 4.78 is 42.5. The molecule has 1 aliphatic heterocycles. The summed E-state index contributed by atoms with van der Waals surface area (Å²) in [5.41, 5.74) is -0.681. The van der Waals surface area contributed by atoms with Crippen molar-refractivity contribution in [3.8, 4) is 0 Å². The third-order valence-electron chi connectivity index (χ3n) is 2.28. The first kappa shape index (κ1) is 11.1. The molecule has 0 N–H and O–H groups in total. The maximum Gasteiger partial charge on any atom is 0.456 e. The number of carbonyl (C=O) groups is 1. The van der Waals surface area contributed by atoms with E-state index in [9.17, 15) is 18.0 Å². The Labute approximate surface area is 88.2 Å². The zero-order chi connectivity index (χ0) is 11.8. The van der Waals surface area contributed by atoms with E-state index in [1.807, 2.05) is 0 Å². The van der Waals surface area contributed by atoms with Gasteiger partial charge < -0.3 is 4.74 Å². The van der Waals surface area contributed by atoms with Gasteiger partial charge in [0, 0.05) is 6.61 Å². The second kappa shape index (κ2) is 3.85. The summed E-state index contributed by atoms with van der Waals surface area (Å²) in [6.07, 6.45) is -3.24. The molecule has 88 valence electrons. The Morgan fingerprint density at radius 3 is 2.88 bits per heavy atom. The highest BCUT2D eigenvalue weighted by atomic mass is 19.4. The number of halogens is 3. The van der Waals surface area contributed by atoms with Crippen molar-refractivity contribution in [2.24, 2.45) is 0 Å². The minimum Gasteiger partial charge on any atom is -0.379 e. The van der Waals surface area contributed by atoms with E-state index in [-0.39, 0.29) is 6.04 Å². The molecule has 0 aromatic carbocycles. The number of rotatable bonds is 2. The Bertz CT molecular complexity index is 395. The lowest BCUT2D eigenvalue weighted by Crippen LogP contribution is -2.23. The van der Waals surface area contributed by atoms with Crippen molar-refractivity contribution in [1.82, 2.24) is 15.0 Å². The van der Waals surface area contributed by atoms with Crippen LogP contribution in [0.3, 0.4) is 0 Å². The summed E-state index contributed by atoms with van der Waals surface area (Å²) >= 11 is 0. The van der Waals surface area contributed by atoms with Crippen LogP contribution in [-0.2, 0) is 4.74 Å². The molecule has 8 heteroatoms. The lowest BCUT2D eigenvalue weighted by Gasteiger charge is -2.05. The Morgan fingerprint density at radius 2 is 2.31 bits per heavy atom. The van der Waals surface area contributed by atoms with Gasteiger partial charge in [-0.15, -0.1) is 5.10 Å². The van der Waals surface area contributed by atoms with Crippen molar-refractivity contribution in [3.05, 3.63) is 11.9 Å². The zero-order valence-corrected chi connectivity index (χ0v) is 8.07. The number of ether oxygens (including phenoxy) is 1. The Hall–Kier alpha value is -1.44. The number of alkyl halides is 3. The van der Waals surface area contributed by atoms with Gasteiger partial charge in [0.25, 0.3) is 5.78 Å². The molecule has 2 heterocycles. The predicted molar refractivity (Wildman–Crippen MR) is 44.9 cm³/mol. The third-order valence-corrected chi connectivity index (χ3v) is 2.28. The molecule has 1 aliphatic rings. The normalized spacial score (nSPS) is 21.3. The number of carbonyl (C=O) groups excluding carboxylic acids is 1. The first-order valence-electron chi connectivity index (χ1n) is 4.59. The number of hydrogen-bond acceptors (Lipinski definition) is 4. The van der Waals surface area contributed by atoms with Crippen LogP contribution in [0.1, 0.15) is 23.0 Å². The molecule has 1 saturated heterocycles. The van der Waals surface area contributed by atoms with Crippen LogP contribution in [0.4, 0.5) is 13.2 Å². The topological polar surface area (TPSA) is 57.0 Å². The highest BCUT2D eigenvalue weighted by Gasteiger charge is 2.41. The average molecular weight is 235 g/mol. The minimum atomic E-state index is -4.91. The van der Waals surface area contributed by atoms with Crippen LogP contribution in [-0.4, -0.2) is 40.2 Å². The molecule has 0 radical (unpaired) electrons. The van der Waals surface area contributed by atoms with E-state index in [4.69, 9.17) is 4.74 Å². The third kappa shape index (κ3) is 2.06. The van der Waals surface area contributed by atoms with E-state index in [0.717, 1.165) is 6.20 Å². The maximum absolute atomic E-state index is 12.1. The van der Waals surface area contributed by atoms with Crippen molar-refractivity contribution in [1.29, 1.82) is 0 Å². The summed E-state index contributed by atoms with van der Waals surface area (Å²) in [5.74, 6) is -1.97. The average Bonchev–Trinajstić information content (AvgIpc) is 2.85. The molecule has 1 aromatic rings. The summed E-state index contributed by atoms with van der Waals surface area (Å²) in [4.78, 5) is 10.8. The first-order chi connectivity index (χ1) is 7.48. The monoisotopic (exact) mass is 235 g/mol. The second-order valence-electron chi connectivity index (χ2n) is 3.43. The van der Waals surface area contributed by atoms with Crippen LogP contribution in [0.15, 0.2) is 6.20 Å². The van der Waals surface area contributed by atoms with Crippen LogP contribution < -0.4 is 0 Å². The van der Waals surface area contributed by atoms with Gasteiger partial charge in [0.05, 0.1) is 18.8 Å². The SMILES string of the molecule is O=C(c1cn(C2CCOC2)nn1)C(F)(F)F. The molecule has 5 nitrogen and oxygen atoms in total. The predicted octanol–water partition coefficient (Wildman–Crippen LogP) is 0.984. The number of nitrogens with zero attached hydrogens (tertiary/aromatic N) is 3. The van der Waals surface area contributed by atoms with Gasteiger partial charge in [0.2, 0.25) is 0 Å². The summed E-state index contributed by atoms with van der Waals surface area (Å²) in [6.45, 7) is 0.913. The Balaban J connectivity index is 2.16. The largest absolute Gasteiger partial charge is 0.456 e. The van der Waals surface area contributed by atoms with Crippen molar-refractivity contribution < 1.29 is 22.7 Å². The number of hydrogen-bond donors (Lipinski definition) is 0. The van der Waals surface area contributed by atoms with Crippen molar-refractivity contribution in [3.63, 3.8) is 0 Å². The first-order valence-corrected chi connectivity index (χ1v) is 4.59. The van der Waals surface area contributed by atoms with E-state index in [1.165, 1.54) is 4.68 Å². The molecular formula is C8H8F3N3O2. The number of aromatic nitrogens is 3. The molecule has 0 amide bonds. The van der Waals surface area contributed by atoms with E-state index in [2.05, 4.69) is 10.3 Å². The molecule has 0 aliphatic carbocycles. The maximum atomic E-state index is 12.1. The van der Waals surface area contributed by atoms with Gasteiger partial charge in [0.1, 0.15) is 0 Å². The molecule has 0 saturated carbocycles. The van der Waals surface area contributed by atoms with Crippen LogP contribution >= 0.6 is 0 Å². The lowest BCUT2D eigenvalue weighted by molar-refractivity contribution is -0.0888. The van der Waals surface area contributed by atoms with Crippen molar-refractivity contribution in [2.75, 3.05) is 13.2 Å². The van der Waals surface area contributed by atoms with Crippen molar-refractivity contribution in [2.45, 2.75) is 18.6 Å². The van der Waals surface area contributed by atoms with Gasteiger partial charge >= 0.3 is 6.18 Å². The van der Waals surface area contributed by atoms with Crippen LogP contribution in [0.25, 0.3) is 0 Å². The Kier molecular flexibility index (Phi) is 2.66. The molecule has 16 heavy (non-hydrogen) atoms. The highest BCUT2D eigenvalue weighted by molar-refractivity contribution is 5.98. The summed E-state index contributed by atoms with van der Waals surface area (Å²) in [5, 5.41) is 6.71. The van der Waals surface area contributed by atoms with Crippen LogP contribution in [0, 0.1) is 0 Å². The molecule has 0 bridgehead atoms. The summed E-state index contributed by atoms with van der Waals surface area (Å²) in [7, 11) is 0. The van der Waals surface area contributed by atoms with E-state index < -0.39 is 17.7 Å². The van der Waals surface area contributed by atoms with Crippen LogP contribution in [0.2, 0.25) is 0 Å². The quantitative estimate of drug-likeness (QED) is 0.717. The second-order valence-corrected chi connectivity index (χ2v) is 3.43. The molecular weight excluding hydrogens is 227 g/mol. The molecule has 1 aromatic heterocycles. The van der Waals surface area contributed by atoms with Gasteiger partial charge in [-0.1, -0.05) is 5.21 Å². The standard InChI is InChI=1S/C8H8F3N3O2/c9-8(10,11)7(15)6-3-14(13-12-6)5-1-2-16-4-5/h3,5H,1-2,4H2. The van der Waals surface area contributed by atoms with Crippen LogP contribution in [0.5, 0.6) is 0 Å². The van der Waals surface area contributed by atoms with E-state index in [1.54, 1.807) is 0 Å². The number of ketones is 1. The minimum absolute atomic E-state index is 0.137.